The van der Waals surface area contributed by atoms with Gasteiger partial charge in [0.05, 0.1) is 17.4 Å². The minimum atomic E-state index is -4.35. The van der Waals surface area contributed by atoms with E-state index in [-0.39, 0.29) is 12.5 Å². The van der Waals surface area contributed by atoms with Gasteiger partial charge >= 0.3 is 6.18 Å². The molecule has 0 aliphatic rings. The Morgan fingerprint density at radius 1 is 1.19 bits per heavy atom. The molecule has 0 aliphatic heterocycles. The van der Waals surface area contributed by atoms with E-state index in [0.29, 0.717) is 16.9 Å². The van der Waals surface area contributed by atoms with Gasteiger partial charge in [-0.3, -0.25) is 4.79 Å². The summed E-state index contributed by atoms with van der Waals surface area (Å²) < 4.78 is 42.5. The molecule has 0 unspecified atom stereocenters. The van der Waals surface area contributed by atoms with E-state index in [1.54, 1.807) is 20.0 Å². The Morgan fingerprint density at radius 3 is 2.29 bits per heavy atom. The van der Waals surface area contributed by atoms with Crippen molar-refractivity contribution < 1.29 is 22.4 Å². The fourth-order valence-electron chi connectivity index (χ4n) is 1.96. The van der Waals surface area contributed by atoms with Crippen LogP contribution in [0.1, 0.15) is 27.2 Å². The summed E-state index contributed by atoms with van der Waals surface area (Å²) in [6, 6.07) is 6.33. The number of rotatable bonds is 3. The molecule has 1 aromatic carbocycles. The van der Waals surface area contributed by atoms with Crippen molar-refractivity contribution in [3.63, 3.8) is 0 Å². The van der Waals surface area contributed by atoms with Crippen LogP contribution in [0.4, 0.5) is 13.2 Å². The monoisotopic (exact) mass is 297 g/mol. The molecule has 112 valence electrons. The highest BCUT2D eigenvalue weighted by Crippen LogP contribution is 2.29. The summed E-state index contributed by atoms with van der Waals surface area (Å²) in [5, 5.41) is 0. The highest BCUT2D eigenvalue weighted by molar-refractivity contribution is 5.94. The van der Waals surface area contributed by atoms with Crippen molar-refractivity contribution in [1.29, 1.82) is 0 Å². The topological polar surface area (TPSA) is 33.5 Å². The minimum Gasteiger partial charge on any atom is -0.469 e. The van der Waals surface area contributed by atoms with E-state index >= 15 is 0 Å². The highest BCUT2D eigenvalue weighted by Gasteiger charge is 2.30. The van der Waals surface area contributed by atoms with E-state index in [1.165, 1.54) is 23.3 Å². The van der Waals surface area contributed by atoms with Gasteiger partial charge in [0, 0.05) is 13.6 Å². The van der Waals surface area contributed by atoms with Gasteiger partial charge < -0.3 is 9.32 Å². The number of aryl methyl sites for hydroxylation is 1. The van der Waals surface area contributed by atoms with Crippen molar-refractivity contribution in [3.8, 4) is 0 Å². The summed E-state index contributed by atoms with van der Waals surface area (Å²) in [7, 11) is 1.59. The van der Waals surface area contributed by atoms with E-state index in [0.717, 1.165) is 12.1 Å². The SMILES string of the molecule is Cc1occc1C(=O)N(C)Cc1ccc(C(F)(F)F)cc1. The molecule has 0 atom stereocenters. The van der Waals surface area contributed by atoms with Crippen molar-refractivity contribution in [1.82, 2.24) is 4.90 Å². The maximum atomic E-state index is 12.5. The number of amides is 1. The predicted molar refractivity (Wildman–Crippen MR) is 70.7 cm³/mol. The molecule has 0 saturated heterocycles. The van der Waals surface area contributed by atoms with Gasteiger partial charge in [-0.25, -0.2) is 0 Å². The van der Waals surface area contributed by atoms with Crippen LogP contribution in [0.5, 0.6) is 0 Å². The molecule has 0 saturated carbocycles. The number of halogens is 3. The molecule has 0 spiro atoms. The summed E-state index contributed by atoms with van der Waals surface area (Å²) in [6.07, 6.45) is -2.93. The summed E-state index contributed by atoms with van der Waals surface area (Å²) in [5.74, 6) is 0.278. The molecule has 0 radical (unpaired) electrons. The van der Waals surface area contributed by atoms with Crippen molar-refractivity contribution in [2.45, 2.75) is 19.6 Å². The minimum absolute atomic E-state index is 0.224. The van der Waals surface area contributed by atoms with Crippen LogP contribution < -0.4 is 0 Å². The van der Waals surface area contributed by atoms with Crippen LogP contribution in [0.15, 0.2) is 41.0 Å². The molecule has 1 heterocycles. The maximum Gasteiger partial charge on any atom is 0.416 e. The Bertz CT molecular complexity index is 629. The number of alkyl halides is 3. The van der Waals surface area contributed by atoms with Crippen LogP contribution in [0, 0.1) is 6.92 Å². The third-order valence-electron chi connectivity index (χ3n) is 3.14. The first kappa shape index (κ1) is 15.2. The van der Waals surface area contributed by atoms with Crippen molar-refractivity contribution in [3.05, 3.63) is 59.0 Å². The van der Waals surface area contributed by atoms with Crippen LogP contribution >= 0.6 is 0 Å². The zero-order valence-electron chi connectivity index (χ0n) is 11.6. The molecule has 0 N–H and O–H groups in total. The maximum absolute atomic E-state index is 12.5. The Morgan fingerprint density at radius 2 is 1.81 bits per heavy atom. The van der Waals surface area contributed by atoms with Gasteiger partial charge in [-0.15, -0.1) is 0 Å². The van der Waals surface area contributed by atoms with E-state index in [4.69, 9.17) is 4.42 Å². The molecule has 0 bridgehead atoms. The summed E-state index contributed by atoms with van der Waals surface area (Å²) in [5.41, 5.74) is 0.371. The van der Waals surface area contributed by atoms with Gasteiger partial charge in [0.25, 0.3) is 5.91 Å². The fourth-order valence-corrected chi connectivity index (χ4v) is 1.96. The second-order valence-corrected chi connectivity index (χ2v) is 4.75. The Hall–Kier alpha value is -2.24. The quantitative estimate of drug-likeness (QED) is 0.861. The first-order chi connectivity index (χ1) is 9.79. The normalized spacial score (nSPS) is 11.5. The van der Waals surface area contributed by atoms with Crippen LogP contribution in [-0.2, 0) is 12.7 Å². The summed E-state index contributed by atoms with van der Waals surface area (Å²) >= 11 is 0. The Labute approximate surface area is 120 Å². The van der Waals surface area contributed by atoms with Crippen molar-refractivity contribution in [2.24, 2.45) is 0 Å². The average Bonchev–Trinajstić information content (AvgIpc) is 2.83. The van der Waals surface area contributed by atoms with Crippen LogP contribution in [0.25, 0.3) is 0 Å². The molecular formula is C15H14F3NO2. The lowest BCUT2D eigenvalue weighted by Crippen LogP contribution is -2.26. The number of hydrogen-bond donors (Lipinski definition) is 0. The van der Waals surface area contributed by atoms with Crippen molar-refractivity contribution >= 4 is 5.91 Å². The Kier molecular flexibility index (Phi) is 4.06. The molecule has 6 heteroatoms. The first-order valence-electron chi connectivity index (χ1n) is 6.24. The van der Waals surface area contributed by atoms with Gasteiger partial charge in [-0.2, -0.15) is 13.2 Å². The van der Waals surface area contributed by atoms with E-state index < -0.39 is 11.7 Å². The summed E-state index contributed by atoms with van der Waals surface area (Å²) in [4.78, 5) is 13.6. The predicted octanol–water partition coefficient (Wildman–Crippen LogP) is 3.88. The standard InChI is InChI=1S/C15H14F3NO2/c1-10-13(7-8-21-10)14(20)19(2)9-11-3-5-12(6-4-11)15(16,17)18/h3-8H,9H2,1-2H3. The third kappa shape index (κ3) is 3.45. The lowest BCUT2D eigenvalue weighted by molar-refractivity contribution is -0.137. The van der Waals surface area contributed by atoms with E-state index in [1.807, 2.05) is 0 Å². The van der Waals surface area contributed by atoms with Gasteiger partial charge in [0.2, 0.25) is 0 Å². The summed E-state index contributed by atoms with van der Waals surface area (Å²) in [6.45, 7) is 1.90. The van der Waals surface area contributed by atoms with Gasteiger partial charge in [-0.1, -0.05) is 12.1 Å². The van der Waals surface area contributed by atoms with Crippen LogP contribution in [-0.4, -0.2) is 17.9 Å². The second-order valence-electron chi connectivity index (χ2n) is 4.75. The molecule has 1 aromatic heterocycles. The van der Waals surface area contributed by atoms with Gasteiger partial charge in [0.15, 0.2) is 0 Å². The number of benzene rings is 1. The smallest absolute Gasteiger partial charge is 0.416 e. The molecule has 2 aromatic rings. The molecule has 0 aliphatic carbocycles. The average molecular weight is 297 g/mol. The fraction of sp³-hybridized carbons (Fsp3) is 0.267. The largest absolute Gasteiger partial charge is 0.469 e. The number of hydrogen-bond acceptors (Lipinski definition) is 2. The molecule has 21 heavy (non-hydrogen) atoms. The molecule has 2 rings (SSSR count). The van der Waals surface area contributed by atoms with Gasteiger partial charge in [0.1, 0.15) is 5.76 Å². The molecule has 0 fully saturated rings. The van der Waals surface area contributed by atoms with Crippen LogP contribution in [0.3, 0.4) is 0 Å². The zero-order chi connectivity index (χ0) is 15.6. The third-order valence-corrected chi connectivity index (χ3v) is 3.14. The number of furan rings is 1. The second kappa shape index (κ2) is 5.63. The molecular weight excluding hydrogens is 283 g/mol. The van der Waals surface area contributed by atoms with Crippen molar-refractivity contribution in [2.75, 3.05) is 7.05 Å². The molecule has 1 amide bonds. The van der Waals surface area contributed by atoms with Crippen LogP contribution in [0.2, 0.25) is 0 Å². The number of nitrogens with zero attached hydrogens (tertiary/aromatic N) is 1. The number of carbonyl (C=O) groups is 1. The van der Waals surface area contributed by atoms with Gasteiger partial charge in [-0.05, 0) is 30.7 Å². The lowest BCUT2D eigenvalue weighted by atomic mass is 10.1. The molecule has 3 nitrogen and oxygen atoms in total. The zero-order valence-corrected chi connectivity index (χ0v) is 11.6. The first-order valence-corrected chi connectivity index (χ1v) is 6.24. The highest BCUT2D eigenvalue weighted by atomic mass is 19.4. The number of carbonyl (C=O) groups excluding carboxylic acids is 1. The van der Waals surface area contributed by atoms with E-state index in [2.05, 4.69) is 0 Å². The van der Waals surface area contributed by atoms with E-state index in [9.17, 15) is 18.0 Å². The Balaban J connectivity index is 2.08. The lowest BCUT2D eigenvalue weighted by Gasteiger charge is -2.17.